The minimum Gasteiger partial charge on any atom is -0.493 e. The molecule has 2 aromatic rings. The van der Waals surface area contributed by atoms with E-state index in [0.29, 0.717) is 48.0 Å². The highest BCUT2D eigenvalue weighted by atomic mass is 35.5. The lowest BCUT2D eigenvalue weighted by molar-refractivity contribution is 0.112. The van der Waals surface area contributed by atoms with Gasteiger partial charge in [-0.1, -0.05) is 29.3 Å². The van der Waals surface area contributed by atoms with Gasteiger partial charge >= 0.3 is 0 Å². The molecular weight excluding hydrogens is 316 g/mol. The summed E-state index contributed by atoms with van der Waals surface area (Å²) in [5.41, 5.74) is 1.64. The Morgan fingerprint density at radius 2 is 1.78 bits per heavy atom. The van der Waals surface area contributed by atoms with E-state index in [1.54, 1.807) is 12.1 Å². The number of ether oxygens (including phenoxy) is 3. The van der Waals surface area contributed by atoms with Crippen LogP contribution in [0.15, 0.2) is 36.4 Å². The fourth-order valence-electron chi connectivity index (χ4n) is 2.01. The molecule has 23 heavy (non-hydrogen) atoms. The quantitative estimate of drug-likeness (QED) is 0.533. The molecule has 0 saturated carbocycles. The molecule has 0 amide bonds. The van der Waals surface area contributed by atoms with Gasteiger partial charge in [0.2, 0.25) is 0 Å². The van der Waals surface area contributed by atoms with Crippen molar-refractivity contribution in [3.05, 3.63) is 52.5 Å². The molecule has 0 aliphatic heterocycles. The van der Waals surface area contributed by atoms with Crippen LogP contribution in [0.1, 0.15) is 22.3 Å². The second-order valence-corrected chi connectivity index (χ2v) is 5.42. The van der Waals surface area contributed by atoms with Gasteiger partial charge in [-0.3, -0.25) is 4.79 Å². The number of benzene rings is 2. The van der Waals surface area contributed by atoms with Crippen LogP contribution >= 0.6 is 11.6 Å². The van der Waals surface area contributed by atoms with E-state index < -0.39 is 0 Å². The zero-order valence-corrected chi connectivity index (χ0v) is 13.9. The number of carbonyl (C=O) groups is 1. The van der Waals surface area contributed by atoms with Crippen molar-refractivity contribution >= 4 is 17.9 Å². The minimum atomic E-state index is 0.353. The molecule has 0 fully saturated rings. The van der Waals surface area contributed by atoms with Crippen molar-refractivity contribution in [2.24, 2.45) is 0 Å². The zero-order valence-electron chi connectivity index (χ0n) is 13.2. The lowest BCUT2D eigenvalue weighted by atomic mass is 10.2. The van der Waals surface area contributed by atoms with Gasteiger partial charge in [-0.25, -0.2) is 0 Å². The lowest BCUT2D eigenvalue weighted by Crippen LogP contribution is -2.06. The second-order valence-electron chi connectivity index (χ2n) is 5.02. The maximum atomic E-state index is 10.8. The number of rotatable bonds is 8. The molecular formula is C18H19ClO4. The number of hydrogen-bond donors (Lipinski definition) is 0. The molecule has 5 heteroatoms. The highest BCUT2D eigenvalue weighted by Gasteiger charge is 2.11. The normalized spacial score (nSPS) is 10.2. The van der Waals surface area contributed by atoms with Crippen molar-refractivity contribution in [2.75, 3.05) is 20.3 Å². The summed E-state index contributed by atoms with van der Waals surface area (Å²) >= 11 is 6.12. The Balaban J connectivity index is 1.84. The Labute approximate surface area is 140 Å². The summed E-state index contributed by atoms with van der Waals surface area (Å²) in [5.74, 6) is 1.72. The van der Waals surface area contributed by atoms with Gasteiger partial charge < -0.3 is 14.2 Å². The Morgan fingerprint density at radius 3 is 2.43 bits per heavy atom. The van der Waals surface area contributed by atoms with Crippen molar-refractivity contribution in [2.45, 2.75) is 13.3 Å². The van der Waals surface area contributed by atoms with Gasteiger partial charge in [-0.05, 0) is 31.2 Å². The third-order valence-electron chi connectivity index (χ3n) is 3.21. The molecule has 0 aromatic heterocycles. The number of methoxy groups -OCH3 is 1. The first-order valence-corrected chi connectivity index (χ1v) is 7.67. The summed E-state index contributed by atoms with van der Waals surface area (Å²) in [7, 11) is 1.51. The predicted octanol–water partition coefficient (Wildman–Crippen LogP) is 4.32. The average molecular weight is 335 g/mol. The predicted molar refractivity (Wildman–Crippen MR) is 90.2 cm³/mol. The molecule has 0 spiro atoms. The van der Waals surface area contributed by atoms with E-state index in [0.717, 1.165) is 5.75 Å². The van der Waals surface area contributed by atoms with Crippen LogP contribution in [-0.4, -0.2) is 26.6 Å². The standard InChI is InChI=1S/C18H19ClO4/c1-13-4-6-15(7-5-13)22-8-3-9-23-18-16(19)10-14(12-20)11-17(18)21-2/h4-7,10-12H,3,8-9H2,1-2H3. The Kier molecular flexibility index (Phi) is 6.29. The van der Waals surface area contributed by atoms with Crippen LogP contribution in [0.5, 0.6) is 17.2 Å². The van der Waals surface area contributed by atoms with E-state index in [-0.39, 0.29) is 0 Å². The summed E-state index contributed by atoms with van der Waals surface area (Å²) in [6.45, 7) is 3.00. The van der Waals surface area contributed by atoms with Crippen molar-refractivity contribution in [1.29, 1.82) is 0 Å². The van der Waals surface area contributed by atoms with Crippen molar-refractivity contribution in [1.82, 2.24) is 0 Å². The molecule has 0 aliphatic carbocycles. The number of hydrogen-bond acceptors (Lipinski definition) is 4. The summed E-state index contributed by atoms with van der Waals surface area (Å²) in [4.78, 5) is 10.8. The average Bonchev–Trinajstić information content (AvgIpc) is 2.56. The van der Waals surface area contributed by atoms with E-state index in [2.05, 4.69) is 0 Å². The molecule has 4 nitrogen and oxygen atoms in total. The minimum absolute atomic E-state index is 0.353. The maximum absolute atomic E-state index is 10.8. The lowest BCUT2D eigenvalue weighted by Gasteiger charge is -2.13. The Bertz CT molecular complexity index is 653. The molecule has 0 heterocycles. The van der Waals surface area contributed by atoms with Gasteiger partial charge in [0, 0.05) is 12.0 Å². The molecule has 0 unspecified atom stereocenters. The molecule has 0 atom stereocenters. The molecule has 0 radical (unpaired) electrons. The first-order chi connectivity index (χ1) is 11.1. The van der Waals surface area contributed by atoms with Gasteiger partial charge in [-0.2, -0.15) is 0 Å². The van der Waals surface area contributed by atoms with Gasteiger partial charge in [0.25, 0.3) is 0 Å². The van der Waals surface area contributed by atoms with E-state index in [1.165, 1.54) is 12.7 Å². The molecule has 2 rings (SSSR count). The number of carbonyl (C=O) groups excluding carboxylic acids is 1. The highest BCUT2D eigenvalue weighted by Crippen LogP contribution is 2.36. The number of aldehydes is 1. The Morgan fingerprint density at radius 1 is 1.09 bits per heavy atom. The largest absolute Gasteiger partial charge is 0.493 e. The molecule has 0 bridgehead atoms. The van der Waals surface area contributed by atoms with E-state index in [9.17, 15) is 4.79 Å². The van der Waals surface area contributed by atoms with Crippen LogP contribution in [0.2, 0.25) is 5.02 Å². The monoisotopic (exact) mass is 334 g/mol. The zero-order chi connectivity index (χ0) is 16.7. The van der Waals surface area contributed by atoms with Crippen LogP contribution < -0.4 is 14.2 Å². The summed E-state index contributed by atoms with van der Waals surface area (Å²) in [6.07, 6.45) is 1.41. The van der Waals surface area contributed by atoms with Gasteiger partial charge in [-0.15, -0.1) is 0 Å². The summed E-state index contributed by atoms with van der Waals surface area (Å²) < 4.78 is 16.5. The van der Waals surface area contributed by atoms with Gasteiger partial charge in [0.05, 0.1) is 25.3 Å². The van der Waals surface area contributed by atoms with E-state index in [1.807, 2.05) is 31.2 Å². The van der Waals surface area contributed by atoms with Crippen LogP contribution in [0.25, 0.3) is 0 Å². The molecule has 2 aromatic carbocycles. The van der Waals surface area contributed by atoms with Crippen LogP contribution in [0.4, 0.5) is 0 Å². The first-order valence-electron chi connectivity index (χ1n) is 7.29. The van der Waals surface area contributed by atoms with E-state index in [4.69, 9.17) is 25.8 Å². The summed E-state index contributed by atoms with van der Waals surface area (Å²) in [5, 5.41) is 0.353. The molecule has 0 aliphatic rings. The molecule has 0 saturated heterocycles. The second kappa shape index (κ2) is 8.44. The SMILES string of the molecule is COc1cc(C=O)cc(Cl)c1OCCCOc1ccc(C)cc1. The fourth-order valence-corrected chi connectivity index (χ4v) is 2.28. The summed E-state index contributed by atoms with van der Waals surface area (Å²) in [6, 6.07) is 11.0. The van der Waals surface area contributed by atoms with Crippen LogP contribution in [0, 0.1) is 6.92 Å². The van der Waals surface area contributed by atoms with E-state index >= 15 is 0 Å². The fraction of sp³-hybridized carbons (Fsp3) is 0.278. The van der Waals surface area contributed by atoms with Gasteiger partial charge in [0.15, 0.2) is 11.5 Å². The van der Waals surface area contributed by atoms with Crippen molar-refractivity contribution in [3.63, 3.8) is 0 Å². The van der Waals surface area contributed by atoms with Crippen molar-refractivity contribution < 1.29 is 19.0 Å². The molecule has 0 N–H and O–H groups in total. The highest BCUT2D eigenvalue weighted by molar-refractivity contribution is 6.32. The number of halogens is 1. The topological polar surface area (TPSA) is 44.8 Å². The van der Waals surface area contributed by atoms with Crippen molar-refractivity contribution in [3.8, 4) is 17.2 Å². The number of aryl methyl sites for hydroxylation is 1. The van der Waals surface area contributed by atoms with Crippen LogP contribution in [-0.2, 0) is 0 Å². The first kappa shape index (κ1) is 17.2. The third kappa shape index (κ3) is 4.89. The smallest absolute Gasteiger partial charge is 0.179 e. The maximum Gasteiger partial charge on any atom is 0.179 e. The van der Waals surface area contributed by atoms with Gasteiger partial charge in [0.1, 0.15) is 12.0 Å². The van der Waals surface area contributed by atoms with Crippen LogP contribution in [0.3, 0.4) is 0 Å². The Hall–Kier alpha value is -2.20. The molecule has 122 valence electrons. The third-order valence-corrected chi connectivity index (χ3v) is 3.49.